The van der Waals surface area contributed by atoms with E-state index in [1.54, 1.807) is 24.3 Å². The van der Waals surface area contributed by atoms with Crippen molar-refractivity contribution in [1.29, 1.82) is 0 Å². The molecule has 2 aromatic heterocycles. The number of nitrogens with zero attached hydrogens (tertiary/aromatic N) is 2. The zero-order valence-corrected chi connectivity index (χ0v) is 13.8. The number of carbonyl (C=O) groups is 2. The van der Waals surface area contributed by atoms with Gasteiger partial charge >= 0.3 is 0 Å². The maximum atomic E-state index is 12.6. The second kappa shape index (κ2) is 6.51. The molecule has 0 atom stereocenters. The Morgan fingerprint density at radius 2 is 2.04 bits per heavy atom. The summed E-state index contributed by atoms with van der Waals surface area (Å²) in [6.45, 7) is 1.44. The van der Waals surface area contributed by atoms with Crippen LogP contribution < -0.4 is 0 Å². The van der Waals surface area contributed by atoms with Crippen LogP contribution in [0, 0.1) is 0 Å². The molecule has 5 heteroatoms. The van der Waals surface area contributed by atoms with E-state index in [1.807, 2.05) is 23.4 Å². The SMILES string of the molecule is O=Cc1cccc(C(=O)N2CCC(c3cnc4[nH]ccc4c3)CC2)c1. The van der Waals surface area contributed by atoms with Gasteiger partial charge < -0.3 is 9.88 Å². The average molecular weight is 333 g/mol. The molecule has 0 unspecified atom stereocenters. The Bertz CT molecular complexity index is 923. The lowest BCUT2D eigenvalue weighted by Crippen LogP contribution is -2.38. The topological polar surface area (TPSA) is 66.1 Å². The van der Waals surface area contributed by atoms with Crippen molar-refractivity contribution in [1.82, 2.24) is 14.9 Å². The van der Waals surface area contributed by atoms with E-state index in [0.717, 1.165) is 43.3 Å². The highest BCUT2D eigenvalue weighted by Crippen LogP contribution is 2.29. The van der Waals surface area contributed by atoms with Crippen LogP contribution in [-0.4, -0.2) is 40.2 Å². The van der Waals surface area contributed by atoms with Crippen molar-refractivity contribution in [3.8, 4) is 0 Å². The summed E-state index contributed by atoms with van der Waals surface area (Å²) in [5, 5.41) is 1.13. The molecule has 126 valence electrons. The van der Waals surface area contributed by atoms with Gasteiger partial charge in [0.2, 0.25) is 0 Å². The van der Waals surface area contributed by atoms with Gasteiger partial charge in [0.1, 0.15) is 11.9 Å². The fourth-order valence-electron chi connectivity index (χ4n) is 3.52. The number of piperidine rings is 1. The maximum absolute atomic E-state index is 12.6. The zero-order chi connectivity index (χ0) is 17.2. The third-order valence-electron chi connectivity index (χ3n) is 4.94. The van der Waals surface area contributed by atoms with Crippen LogP contribution in [0.4, 0.5) is 0 Å². The molecule has 3 heterocycles. The van der Waals surface area contributed by atoms with Crippen molar-refractivity contribution in [2.75, 3.05) is 13.1 Å². The van der Waals surface area contributed by atoms with Gasteiger partial charge in [-0.25, -0.2) is 4.98 Å². The third kappa shape index (κ3) is 3.05. The number of rotatable bonds is 3. The normalized spacial score (nSPS) is 15.4. The number of pyridine rings is 1. The lowest BCUT2D eigenvalue weighted by Gasteiger charge is -2.32. The minimum absolute atomic E-state index is 0.00126. The summed E-state index contributed by atoms with van der Waals surface area (Å²) in [7, 11) is 0. The van der Waals surface area contributed by atoms with Crippen molar-refractivity contribution in [2.45, 2.75) is 18.8 Å². The van der Waals surface area contributed by atoms with Gasteiger partial charge in [-0.3, -0.25) is 9.59 Å². The highest BCUT2D eigenvalue weighted by atomic mass is 16.2. The number of likely N-dealkylation sites (tertiary alicyclic amines) is 1. The monoisotopic (exact) mass is 333 g/mol. The Labute approximate surface area is 145 Å². The molecule has 1 fully saturated rings. The smallest absolute Gasteiger partial charge is 0.253 e. The van der Waals surface area contributed by atoms with Crippen LogP contribution in [0.1, 0.15) is 45.0 Å². The van der Waals surface area contributed by atoms with Crippen LogP contribution in [0.2, 0.25) is 0 Å². The molecule has 0 radical (unpaired) electrons. The van der Waals surface area contributed by atoms with Crippen LogP contribution in [-0.2, 0) is 0 Å². The summed E-state index contributed by atoms with van der Waals surface area (Å²) in [6.07, 6.45) is 6.46. The molecule has 0 spiro atoms. The number of aromatic amines is 1. The van der Waals surface area contributed by atoms with Crippen LogP contribution in [0.15, 0.2) is 48.8 Å². The molecule has 3 aromatic rings. The zero-order valence-electron chi connectivity index (χ0n) is 13.8. The molecular formula is C20H19N3O2. The first kappa shape index (κ1) is 15.6. The molecule has 5 nitrogen and oxygen atoms in total. The predicted octanol–water partition coefficient (Wildman–Crippen LogP) is 3.40. The molecule has 4 rings (SSSR count). The fraction of sp³-hybridized carbons (Fsp3) is 0.250. The van der Waals surface area contributed by atoms with E-state index >= 15 is 0 Å². The largest absolute Gasteiger partial charge is 0.346 e. The summed E-state index contributed by atoms with van der Waals surface area (Å²) in [5.74, 6) is 0.429. The molecule has 1 N–H and O–H groups in total. The second-order valence-corrected chi connectivity index (χ2v) is 6.49. The number of benzene rings is 1. The Hall–Kier alpha value is -2.95. The molecule has 1 amide bonds. The van der Waals surface area contributed by atoms with Gasteiger partial charge in [-0.05, 0) is 48.6 Å². The lowest BCUT2D eigenvalue weighted by atomic mass is 9.90. The first-order chi connectivity index (χ1) is 12.2. The van der Waals surface area contributed by atoms with E-state index in [4.69, 9.17) is 0 Å². The average Bonchev–Trinajstić information content (AvgIpc) is 3.15. The van der Waals surface area contributed by atoms with Crippen molar-refractivity contribution in [2.24, 2.45) is 0 Å². The summed E-state index contributed by atoms with van der Waals surface area (Å²) < 4.78 is 0. The summed E-state index contributed by atoms with van der Waals surface area (Å²) >= 11 is 0. The van der Waals surface area contributed by atoms with Crippen LogP contribution in [0.3, 0.4) is 0 Å². The van der Waals surface area contributed by atoms with Crippen LogP contribution >= 0.6 is 0 Å². The number of hydrogen-bond donors (Lipinski definition) is 1. The van der Waals surface area contributed by atoms with Gasteiger partial charge in [-0.1, -0.05) is 12.1 Å². The van der Waals surface area contributed by atoms with E-state index < -0.39 is 0 Å². The highest BCUT2D eigenvalue weighted by molar-refractivity contribution is 5.95. The van der Waals surface area contributed by atoms with Gasteiger partial charge in [-0.2, -0.15) is 0 Å². The number of hydrogen-bond acceptors (Lipinski definition) is 3. The fourth-order valence-corrected chi connectivity index (χ4v) is 3.52. The Morgan fingerprint density at radius 1 is 1.20 bits per heavy atom. The number of aldehydes is 1. The summed E-state index contributed by atoms with van der Waals surface area (Å²) in [4.78, 5) is 33.0. The number of H-pyrrole nitrogens is 1. The molecule has 1 aliphatic heterocycles. The van der Waals surface area contributed by atoms with Crippen molar-refractivity contribution >= 4 is 23.2 Å². The number of fused-ring (bicyclic) bond motifs is 1. The summed E-state index contributed by atoms with van der Waals surface area (Å²) in [5.41, 5.74) is 3.26. The van der Waals surface area contributed by atoms with E-state index in [2.05, 4.69) is 16.0 Å². The van der Waals surface area contributed by atoms with Crippen molar-refractivity contribution in [3.63, 3.8) is 0 Å². The number of amides is 1. The Morgan fingerprint density at radius 3 is 2.84 bits per heavy atom. The first-order valence-electron chi connectivity index (χ1n) is 8.52. The van der Waals surface area contributed by atoms with E-state index in [0.29, 0.717) is 17.0 Å². The van der Waals surface area contributed by atoms with Gasteiger partial charge in [-0.15, -0.1) is 0 Å². The van der Waals surface area contributed by atoms with E-state index in [9.17, 15) is 9.59 Å². The number of nitrogens with one attached hydrogen (secondary N) is 1. The molecule has 1 saturated heterocycles. The third-order valence-corrected chi connectivity index (χ3v) is 4.94. The lowest BCUT2D eigenvalue weighted by molar-refractivity contribution is 0.0713. The van der Waals surface area contributed by atoms with Gasteiger partial charge in [0.05, 0.1) is 0 Å². The molecule has 1 aliphatic rings. The molecule has 25 heavy (non-hydrogen) atoms. The Balaban J connectivity index is 1.45. The second-order valence-electron chi connectivity index (χ2n) is 6.49. The molecule has 0 aliphatic carbocycles. The van der Waals surface area contributed by atoms with Crippen molar-refractivity contribution in [3.05, 3.63) is 65.5 Å². The maximum Gasteiger partial charge on any atom is 0.253 e. The number of carbonyl (C=O) groups excluding carboxylic acids is 2. The highest BCUT2D eigenvalue weighted by Gasteiger charge is 2.25. The summed E-state index contributed by atoms with van der Waals surface area (Å²) in [6, 6.07) is 11.1. The van der Waals surface area contributed by atoms with Crippen molar-refractivity contribution < 1.29 is 9.59 Å². The molecule has 0 bridgehead atoms. The minimum Gasteiger partial charge on any atom is -0.346 e. The first-order valence-corrected chi connectivity index (χ1v) is 8.52. The molecular weight excluding hydrogens is 314 g/mol. The minimum atomic E-state index is 0.00126. The van der Waals surface area contributed by atoms with Crippen LogP contribution in [0.25, 0.3) is 11.0 Å². The van der Waals surface area contributed by atoms with Gasteiger partial charge in [0, 0.05) is 42.0 Å². The molecule has 1 aromatic carbocycles. The predicted molar refractivity (Wildman–Crippen MR) is 95.8 cm³/mol. The number of aromatic nitrogens is 2. The van der Waals surface area contributed by atoms with Gasteiger partial charge in [0.25, 0.3) is 5.91 Å². The quantitative estimate of drug-likeness (QED) is 0.747. The van der Waals surface area contributed by atoms with E-state index in [1.165, 1.54) is 5.56 Å². The van der Waals surface area contributed by atoms with Gasteiger partial charge in [0.15, 0.2) is 0 Å². The molecule has 0 saturated carbocycles. The van der Waals surface area contributed by atoms with Crippen LogP contribution in [0.5, 0.6) is 0 Å². The standard InChI is InChI=1S/C20H19N3O2/c24-13-14-2-1-3-17(10-14)20(25)23-8-5-15(6-9-23)18-11-16-4-7-21-19(16)22-12-18/h1-4,7,10-13,15H,5-6,8-9H2,(H,21,22). The van der Waals surface area contributed by atoms with E-state index in [-0.39, 0.29) is 5.91 Å². The Kier molecular flexibility index (Phi) is 4.06.